The summed E-state index contributed by atoms with van der Waals surface area (Å²) in [4.78, 5) is 12.6. The van der Waals surface area contributed by atoms with E-state index in [9.17, 15) is 4.79 Å². The number of aromatic nitrogens is 3. The summed E-state index contributed by atoms with van der Waals surface area (Å²) in [5, 5.41) is 11.6. The molecule has 0 radical (unpaired) electrons. The van der Waals surface area contributed by atoms with Gasteiger partial charge in [-0.25, -0.2) is 0 Å². The minimum atomic E-state index is -0.0943. The Bertz CT molecular complexity index is 566. The van der Waals surface area contributed by atoms with Crippen LogP contribution in [-0.4, -0.2) is 26.7 Å². The molecule has 1 aromatic heterocycles. The summed E-state index contributed by atoms with van der Waals surface area (Å²) in [5.74, 6) is 3.07. The third kappa shape index (κ3) is 1.99. The number of nitrogens with zero attached hydrogens (tertiary/aromatic N) is 3. The number of nitrogens with one attached hydrogen (secondary N) is 1. The van der Waals surface area contributed by atoms with E-state index in [0.29, 0.717) is 11.8 Å². The van der Waals surface area contributed by atoms with E-state index in [0.717, 1.165) is 43.9 Å². The van der Waals surface area contributed by atoms with Crippen molar-refractivity contribution in [3.05, 3.63) is 11.6 Å². The molecule has 3 N–H and O–H groups in total. The summed E-state index contributed by atoms with van der Waals surface area (Å²) in [6, 6.07) is -0.0526. The largest absolute Gasteiger partial charge is 0.346 e. The van der Waals surface area contributed by atoms with Gasteiger partial charge in [-0.3, -0.25) is 4.79 Å². The van der Waals surface area contributed by atoms with Gasteiger partial charge in [-0.05, 0) is 44.4 Å². The summed E-state index contributed by atoms with van der Waals surface area (Å²) in [7, 11) is 0. The topological polar surface area (TPSA) is 85.8 Å². The standard InChI is InChI=1S/C15H23N5O/c1-8(14-19-18-11-3-2-6-20(11)14)17-15(21)12-9-4-5-10(7-9)13(12)16/h8-10,12-13H,2-7,16H2,1H3,(H,17,21). The van der Waals surface area contributed by atoms with Crippen molar-refractivity contribution in [1.29, 1.82) is 0 Å². The smallest absolute Gasteiger partial charge is 0.225 e. The molecule has 2 fully saturated rings. The fourth-order valence-corrected chi connectivity index (χ4v) is 4.59. The van der Waals surface area contributed by atoms with E-state index in [1.165, 1.54) is 6.42 Å². The fourth-order valence-electron chi connectivity index (χ4n) is 4.59. The summed E-state index contributed by atoms with van der Waals surface area (Å²) in [6.45, 7) is 2.96. The lowest BCUT2D eigenvalue weighted by molar-refractivity contribution is -0.127. The van der Waals surface area contributed by atoms with Gasteiger partial charge in [-0.2, -0.15) is 0 Å². The van der Waals surface area contributed by atoms with E-state index < -0.39 is 0 Å². The van der Waals surface area contributed by atoms with Gasteiger partial charge in [-0.1, -0.05) is 0 Å². The summed E-state index contributed by atoms with van der Waals surface area (Å²) in [5.41, 5.74) is 6.26. The minimum Gasteiger partial charge on any atom is -0.346 e. The number of fused-ring (bicyclic) bond motifs is 3. The van der Waals surface area contributed by atoms with Crippen LogP contribution in [0.5, 0.6) is 0 Å². The van der Waals surface area contributed by atoms with Crippen LogP contribution in [0.3, 0.4) is 0 Å². The van der Waals surface area contributed by atoms with Crippen molar-refractivity contribution in [3.8, 4) is 0 Å². The van der Waals surface area contributed by atoms with Gasteiger partial charge in [0.2, 0.25) is 5.91 Å². The van der Waals surface area contributed by atoms with Crippen molar-refractivity contribution in [2.75, 3.05) is 0 Å². The third-order valence-electron chi connectivity index (χ3n) is 5.67. The van der Waals surface area contributed by atoms with Gasteiger partial charge in [0, 0.05) is 19.0 Å². The molecule has 2 heterocycles. The van der Waals surface area contributed by atoms with E-state index in [2.05, 4.69) is 20.1 Å². The Kier molecular flexibility index (Phi) is 3.03. The highest BCUT2D eigenvalue weighted by atomic mass is 16.2. The molecule has 1 amide bonds. The van der Waals surface area contributed by atoms with Gasteiger partial charge < -0.3 is 15.6 Å². The van der Waals surface area contributed by atoms with Crippen molar-refractivity contribution in [3.63, 3.8) is 0 Å². The second kappa shape index (κ2) is 4.80. The zero-order valence-electron chi connectivity index (χ0n) is 12.5. The van der Waals surface area contributed by atoms with Crippen LogP contribution in [0, 0.1) is 17.8 Å². The molecule has 0 aromatic carbocycles. The van der Waals surface area contributed by atoms with Gasteiger partial charge in [-0.15, -0.1) is 10.2 Å². The molecule has 114 valence electrons. The van der Waals surface area contributed by atoms with E-state index in [-0.39, 0.29) is 23.9 Å². The first-order valence-corrected chi connectivity index (χ1v) is 8.13. The molecule has 5 atom stereocenters. The summed E-state index contributed by atoms with van der Waals surface area (Å²) in [6.07, 6.45) is 5.60. The van der Waals surface area contributed by atoms with Gasteiger partial charge >= 0.3 is 0 Å². The van der Waals surface area contributed by atoms with Crippen molar-refractivity contribution in [2.24, 2.45) is 23.5 Å². The summed E-state index contributed by atoms with van der Waals surface area (Å²) < 4.78 is 2.14. The number of rotatable bonds is 3. The fraction of sp³-hybridized carbons (Fsp3) is 0.800. The highest BCUT2D eigenvalue weighted by Gasteiger charge is 2.49. The minimum absolute atomic E-state index is 0.00725. The van der Waals surface area contributed by atoms with Crippen LogP contribution < -0.4 is 11.1 Å². The van der Waals surface area contributed by atoms with Crippen LogP contribution in [-0.2, 0) is 17.8 Å². The molecule has 2 bridgehead atoms. The number of nitrogens with two attached hydrogens (primary N) is 1. The Morgan fingerprint density at radius 3 is 2.95 bits per heavy atom. The van der Waals surface area contributed by atoms with Crippen LogP contribution in [0.25, 0.3) is 0 Å². The molecule has 3 aliphatic rings. The first-order valence-electron chi connectivity index (χ1n) is 8.13. The van der Waals surface area contributed by atoms with Crippen molar-refractivity contribution < 1.29 is 4.79 Å². The lowest BCUT2D eigenvalue weighted by Crippen LogP contribution is -2.46. The number of carbonyl (C=O) groups excluding carboxylic acids is 1. The van der Waals surface area contributed by atoms with Gasteiger partial charge in [0.1, 0.15) is 5.82 Å². The van der Waals surface area contributed by atoms with Crippen LogP contribution in [0.4, 0.5) is 0 Å². The SMILES string of the molecule is CC(NC(=O)C1C2CCC(C2)C1N)c1nnc2n1CCC2. The van der Waals surface area contributed by atoms with Crippen molar-refractivity contribution >= 4 is 5.91 Å². The molecule has 0 spiro atoms. The normalized spacial score (nSPS) is 35.0. The number of aryl methyl sites for hydroxylation is 1. The van der Waals surface area contributed by atoms with Gasteiger partial charge in [0.15, 0.2) is 5.82 Å². The molecule has 1 aromatic rings. The monoisotopic (exact) mass is 289 g/mol. The lowest BCUT2D eigenvalue weighted by Gasteiger charge is -2.28. The van der Waals surface area contributed by atoms with E-state index in [4.69, 9.17) is 5.73 Å². The average Bonchev–Trinajstić information content (AvgIpc) is 3.18. The zero-order valence-corrected chi connectivity index (χ0v) is 12.5. The predicted octanol–water partition coefficient (Wildman–Crippen LogP) is 0.775. The molecule has 6 nitrogen and oxygen atoms in total. The quantitative estimate of drug-likeness (QED) is 0.861. The number of amides is 1. The van der Waals surface area contributed by atoms with Crippen LogP contribution in [0.1, 0.15) is 50.3 Å². The highest BCUT2D eigenvalue weighted by Crippen LogP contribution is 2.47. The van der Waals surface area contributed by atoms with E-state index in [1.54, 1.807) is 0 Å². The maximum atomic E-state index is 12.6. The third-order valence-corrected chi connectivity index (χ3v) is 5.67. The molecular formula is C15H23N5O. The zero-order chi connectivity index (χ0) is 14.6. The number of hydrogen-bond acceptors (Lipinski definition) is 4. The molecule has 6 heteroatoms. The Labute approximate surface area is 124 Å². The number of carbonyl (C=O) groups is 1. The van der Waals surface area contributed by atoms with Gasteiger partial charge in [0.25, 0.3) is 0 Å². The predicted molar refractivity (Wildman–Crippen MR) is 77.2 cm³/mol. The van der Waals surface area contributed by atoms with Crippen LogP contribution >= 0.6 is 0 Å². The Balaban J connectivity index is 1.47. The highest BCUT2D eigenvalue weighted by molar-refractivity contribution is 5.80. The molecule has 4 rings (SSSR count). The Morgan fingerprint density at radius 1 is 1.38 bits per heavy atom. The Hall–Kier alpha value is -1.43. The number of hydrogen-bond donors (Lipinski definition) is 2. The van der Waals surface area contributed by atoms with Crippen molar-refractivity contribution in [2.45, 2.75) is 57.7 Å². The first-order chi connectivity index (χ1) is 10.1. The molecule has 1 aliphatic heterocycles. The second-order valence-electron chi connectivity index (χ2n) is 6.90. The van der Waals surface area contributed by atoms with E-state index >= 15 is 0 Å². The summed E-state index contributed by atoms with van der Waals surface area (Å²) >= 11 is 0. The van der Waals surface area contributed by atoms with Gasteiger partial charge in [0.05, 0.1) is 12.0 Å². The molecule has 0 saturated heterocycles. The van der Waals surface area contributed by atoms with Crippen LogP contribution in [0.2, 0.25) is 0 Å². The molecular weight excluding hydrogens is 266 g/mol. The molecule has 2 saturated carbocycles. The van der Waals surface area contributed by atoms with Crippen molar-refractivity contribution in [1.82, 2.24) is 20.1 Å². The van der Waals surface area contributed by atoms with E-state index in [1.807, 2.05) is 6.92 Å². The average molecular weight is 289 g/mol. The maximum Gasteiger partial charge on any atom is 0.225 e. The second-order valence-corrected chi connectivity index (χ2v) is 6.90. The lowest BCUT2D eigenvalue weighted by atomic mass is 9.84. The molecule has 5 unspecified atom stereocenters. The van der Waals surface area contributed by atoms with Crippen LogP contribution in [0.15, 0.2) is 0 Å². The maximum absolute atomic E-state index is 12.6. The molecule has 2 aliphatic carbocycles. The molecule has 21 heavy (non-hydrogen) atoms. The first kappa shape index (κ1) is 13.2. The Morgan fingerprint density at radius 2 is 2.19 bits per heavy atom.